The van der Waals surface area contributed by atoms with E-state index in [2.05, 4.69) is 33.8 Å². The molecule has 0 aromatic heterocycles. The molecule has 0 saturated carbocycles. The lowest BCUT2D eigenvalue weighted by Gasteiger charge is -2.39. The predicted octanol–water partition coefficient (Wildman–Crippen LogP) is 3.03. The fourth-order valence-corrected chi connectivity index (χ4v) is 5.40. The van der Waals surface area contributed by atoms with Crippen LogP contribution < -0.4 is 0 Å². The van der Waals surface area contributed by atoms with E-state index in [1.807, 2.05) is 6.92 Å². The van der Waals surface area contributed by atoms with Crippen LogP contribution in [0.25, 0.3) is 0 Å². The van der Waals surface area contributed by atoms with Crippen LogP contribution in [-0.4, -0.2) is 22.8 Å². The molecule has 0 atom stereocenters. The first kappa shape index (κ1) is 12.9. The van der Waals surface area contributed by atoms with Crippen LogP contribution >= 0.6 is 0 Å². The molecule has 2 nitrogen and oxygen atoms in total. The van der Waals surface area contributed by atoms with Gasteiger partial charge in [-0.2, -0.15) is 0 Å². The summed E-state index contributed by atoms with van der Waals surface area (Å²) in [5.74, 6) is 0. The van der Waals surface area contributed by atoms with E-state index in [0.717, 1.165) is 0 Å². The van der Waals surface area contributed by atoms with Crippen molar-refractivity contribution in [2.24, 2.45) is 0 Å². The largest absolute Gasteiger partial charge is 0.394 e. The van der Waals surface area contributed by atoms with Crippen molar-refractivity contribution in [3.05, 3.63) is 11.3 Å². The molecule has 0 radical (unpaired) electrons. The SMILES string of the molecule is CC=C(C)[Si](OC)(OC)C(C)(C)C. The molecule has 0 aliphatic rings. The molecule has 13 heavy (non-hydrogen) atoms. The minimum atomic E-state index is -2.19. The summed E-state index contributed by atoms with van der Waals surface area (Å²) in [6.45, 7) is 10.6. The Morgan fingerprint density at radius 1 is 1.15 bits per heavy atom. The van der Waals surface area contributed by atoms with Gasteiger partial charge in [-0.1, -0.05) is 26.8 Å². The van der Waals surface area contributed by atoms with Crippen molar-refractivity contribution in [1.82, 2.24) is 0 Å². The summed E-state index contributed by atoms with van der Waals surface area (Å²) in [6, 6.07) is 0. The first-order valence-corrected chi connectivity index (χ1v) is 6.41. The molecule has 0 heterocycles. The standard InChI is InChI=1S/C10H22O2Si/c1-8-9(2)13(11-6,12-7)10(3,4)5/h8H,1-7H3. The van der Waals surface area contributed by atoms with E-state index in [0.29, 0.717) is 0 Å². The highest BCUT2D eigenvalue weighted by molar-refractivity contribution is 6.77. The summed E-state index contributed by atoms with van der Waals surface area (Å²) in [5.41, 5.74) is 0. The van der Waals surface area contributed by atoms with E-state index in [1.54, 1.807) is 14.2 Å². The second-order valence-corrected chi connectivity index (χ2v) is 8.58. The van der Waals surface area contributed by atoms with Gasteiger partial charge in [0.1, 0.15) is 0 Å². The zero-order chi connectivity index (χ0) is 10.7. The lowest BCUT2D eigenvalue weighted by molar-refractivity contribution is 0.224. The van der Waals surface area contributed by atoms with E-state index in [4.69, 9.17) is 8.85 Å². The maximum atomic E-state index is 5.65. The maximum Gasteiger partial charge on any atom is 0.372 e. The van der Waals surface area contributed by atoms with Gasteiger partial charge in [0.15, 0.2) is 0 Å². The fourth-order valence-electron chi connectivity index (χ4n) is 1.80. The van der Waals surface area contributed by atoms with Crippen LogP contribution in [0.2, 0.25) is 5.04 Å². The third-order valence-electron chi connectivity index (χ3n) is 2.51. The van der Waals surface area contributed by atoms with Crippen LogP contribution in [0.3, 0.4) is 0 Å². The van der Waals surface area contributed by atoms with E-state index in [-0.39, 0.29) is 5.04 Å². The molecule has 0 aliphatic carbocycles. The van der Waals surface area contributed by atoms with E-state index < -0.39 is 8.56 Å². The van der Waals surface area contributed by atoms with Gasteiger partial charge in [0.2, 0.25) is 0 Å². The smallest absolute Gasteiger partial charge is 0.372 e. The van der Waals surface area contributed by atoms with Crippen molar-refractivity contribution in [3.63, 3.8) is 0 Å². The van der Waals surface area contributed by atoms with Gasteiger partial charge in [-0.15, -0.1) is 0 Å². The minimum Gasteiger partial charge on any atom is -0.394 e. The van der Waals surface area contributed by atoms with Crippen molar-refractivity contribution < 1.29 is 8.85 Å². The topological polar surface area (TPSA) is 18.5 Å². The van der Waals surface area contributed by atoms with Crippen LogP contribution in [0.1, 0.15) is 34.6 Å². The van der Waals surface area contributed by atoms with Crippen LogP contribution in [0, 0.1) is 0 Å². The second kappa shape index (κ2) is 4.40. The molecule has 0 bridgehead atoms. The number of hydrogen-bond acceptors (Lipinski definition) is 2. The molecule has 0 aromatic carbocycles. The normalized spacial score (nSPS) is 14.8. The highest BCUT2D eigenvalue weighted by atomic mass is 28.4. The van der Waals surface area contributed by atoms with Gasteiger partial charge in [0.05, 0.1) is 0 Å². The third-order valence-corrected chi connectivity index (χ3v) is 6.97. The monoisotopic (exact) mass is 202 g/mol. The summed E-state index contributed by atoms with van der Waals surface area (Å²) in [4.78, 5) is 0. The zero-order valence-corrected chi connectivity index (χ0v) is 10.9. The van der Waals surface area contributed by atoms with Gasteiger partial charge < -0.3 is 8.85 Å². The molecular formula is C10H22O2Si. The molecule has 0 N–H and O–H groups in total. The zero-order valence-electron chi connectivity index (χ0n) is 9.89. The van der Waals surface area contributed by atoms with Crippen molar-refractivity contribution in [2.75, 3.05) is 14.2 Å². The highest BCUT2D eigenvalue weighted by Gasteiger charge is 2.49. The number of allylic oxidation sites excluding steroid dienone is 2. The molecule has 0 unspecified atom stereocenters. The Bertz CT molecular complexity index is 188. The van der Waals surface area contributed by atoms with Crippen LogP contribution in [0.4, 0.5) is 0 Å². The second-order valence-electron chi connectivity index (χ2n) is 4.25. The summed E-state index contributed by atoms with van der Waals surface area (Å²) >= 11 is 0. The third kappa shape index (κ3) is 2.21. The quantitative estimate of drug-likeness (QED) is 0.655. The number of rotatable bonds is 3. The maximum absolute atomic E-state index is 5.65. The van der Waals surface area contributed by atoms with Crippen molar-refractivity contribution >= 4 is 8.56 Å². The average Bonchev–Trinajstić information content (AvgIpc) is 2.04. The van der Waals surface area contributed by atoms with Gasteiger partial charge >= 0.3 is 8.56 Å². The Kier molecular flexibility index (Phi) is 4.36. The Morgan fingerprint density at radius 3 is 1.62 bits per heavy atom. The first-order chi connectivity index (χ1) is 5.85. The Morgan fingerprint density at radius 2 is 1.54 bits per heavy atom. The Hall–Kier alpha value is -0.123. The molecule has 0 aromatic rings. The fraction of sp³-hybridized carbons (Fsp3) is 0.800. The summed E-state index contributed by atoms with van der Waals surface area (Å²) in [6.07, 6.45) is 2.09. The van der Waals surface area contributed by atoms with E-state index in [9.17, 15) is 0 Å². The van der Waals surface area contributed by atoms with E-state index >= 15 is 0 Å². The molecule has 0 amide bonds. The van der Waals surface area contributed by atoms with Crippen LogP contribution in [0.15, 0.2) is 11.3 Å². The molecule has 0 aliphatic heterocycles. The molecule has 78 valence electrons. The first-order valence-electron chi connectivity index (χ1n) is 4.59. The lowest BCUT2D eigenvalue weighted by Crippen LogP contribution is -2.50. The highest BCUT2D eigenvalue weighted by Crippen LogP contribution is 2.41. The summed E-state index contributed by atoms with van der Waals surface area (Å²) < 4.78 is 11.3. The van der Waals surface area contributed by atoms with Gasteiger partial charge in [0.25, 0.3) is 0 Å². The molecular weight excluding hydrogens is 180 g/mol. The molecule has 0 spiro atoms. The Labute approximate surface area is 83.2 Å². The average molecular weight is 202 g/mol. The van der Waals surface area contributed by atoms with Gasteiger partial charge in [-0.05, 0) is 19.0 Å². The minimum absolute atomic E-state index is 0.0626. The lowest BCUT2D eigenvalue weighted by atomic mass is 10.2. The van der Waals surface area contributed by atoms with Crippen molar-refractivity contribution in [2.45, 2.75) is 39.7 Å². The Balaban J connectivity index is 5.16. The molecule has 0 rings (SSSR count). The molecule has 0 fully saturated rings. The predicted molar refractivity (Wildman–Crippen MR) is 58.9 cm³/mol. The summed E-state index contributed by atoms with van der Waals surface area (Å²) in [7, 11) is 1.30. The van der Waals surface area contributed by atoms with Gasteiger partial charge in [-0.25, -0.2) is 0 Å². The molecule has 3 heteroatoms. The van der Waals surface area contributed by atoms with Crippen molar-refractivity contribution in [1.29, 1.82) is 0 Å². The molecule has 0 saturated heterocycles. The van der Waals surface area contributed by atoms with Gasteiger partial charge in [-0.3, -0.25) is 0 Å². The number of hydrogen-bond donors (Lipinski definition) is 0. The van der Waals surface area contributed by atoms with Gasteiger partial charge in [0, 0.05) is 19.3 Å². The van der Waals surface area contributed by atoms with Crippen LogP contribution in [-0.2, 0) is 8.85 Å². The van der Waals surface area contributed by atoms with E-state index in [1.165, 1.54) is 5.20 Å². The van der Waals surface area contributed by atoms with Crippen LogP contribution in [0.5, 0.6) is 0 Å². The van der Waals surface area contributed by atoms with Crippen molar-refractivity contribution in [3.8, 4) is 0 Å². The summed E-state index contributed by atoms with van der Waals surface area (Å²) in [5, 5.41) is 1.30.